The maximum absolute atomic E-state index is 10.6. The van der Waals surface area contributed by atoms with Gasteiger partial charge in [0.15, 0.2) is 11.5 Å². The summed E-state index contributed by atoms with van der Waals surface area (Å²) in [6.07, 6.45) is -0.124. The van der Waals surface area contributed by atoms with Crippen LogP contribution in [0, 0.1) is 0 Å². The molecular formula is C13H17ClO4. The Kier molecular flexibility index (Phi) is 5.78. The van der Waals surface area contributed by atoms with Gasteiger partial charge in [-0.3, -0.25) is 4.79 Å². The van der Waals surface area contributed by atoms with Crippen LogP contribution in [0.25, 0.3) is 0 Å². The smallest absolute Gasteiger partial charge is 0.305 e. The van der Waals surface area contributed by atoms with Gasteiger partial charge in [-0.25, -0.2) is 0 Å². The Morgan fingerprint density at radius 1 is 1.28 bits per heavy atom. The Labute approximate surface area is 111 Å². The van der Waals surface area contributed by atoms with E-state index in [1.165, 1.54) is 0 Å². The van der Waals surface area contributed by atoms with Crippen LogP contribution in [-0.2, 0) is 4.79 Å². The monoisotopic (exact) mass is 272 g/mol. The maximum Gasteiger partial charge on any atom is 0.305 e. The van der Waals surface area contributed by atoms with Gasteiger partial charge in [0.2, 0.25) is 0 Å². The lowest BCUT2D eigenvalue weighted by atomic mass is 10.1. The molecule has 0 radical (unpaired) electrons. The number of ether oxygens (including phenoxy) is 2. The van der Waals surface area contributed by atoms with Gasteiger partial charge in [-0.2, -0.15) is 0 Å². The van der Waals surface area contributed by atoms with E-state index in [0.717, 1.165) is 0 Å². The molecule has 0 aliphatic heterocycles. The van der Waals surface area contributed by atoms with Crippen LogP contribution in [0.5, 0.6) is 11.5 Å². The van der Waals surface area contributed by atoms with Crippen LogP contribution >= 0.6 is 11.6 Å². The third-order valence-electron chi connectivity index (χ3n) is 2.28. The van der Waals surface area contributed by atoms with Crippen molar-refractivity contribution in [3.8, 4) is 11.5 Å². The number of aliphatic carboxylic acids is 1. The number of benzene rings is 1. The molecule has 1 atom stereocenters. The van der Waals surface area contributed by atoms with Crippen LogP contribution < -0.4 is 9.47 Å². The highest BCUT2D eigenvalue weighted by Gasteiger charge is 2.15. The molecule has 0 spiro atoms. The zero-order valence-corrected chi connectivity index (χ0v) is 11.2. The Bertz CT molecular complexity index is 406. The summed E-state index contributed by atoms with van der Waals surface area (Å²) in [6.45, 7) is 4.81. The van der Waals surface area contributed by atoms with E-state index in [9.17, 15) is 4.79 Å². The van der Waals surface area contributed by atoms with Crippen molar-refractivity contribution in [1.82, 2.24) is 0 Å². The third kappa shape index (κ3) is 4.11. The second-order valence-electron chi connectivity index (χ2n) is 3.64. The van der Waals surface area contributed by atoms with Gasteiger partial charge >= 0.3 is 5.97 Å². The number of alkyl halides is 1. The maximum atomic E-state index is 10.6. The molecule has 0 aliphatic carbocycles. The summed E-state index contributed by atoms with van der Waals surface area (Å²) in [6, 6.07) is 5.24. The van der Waals surface area contributed by atoms with Crippen LogP contribution in [0.3, 0.4) is 0 Å². The fourth-order valence-corrected chi connectivity index (χ4v) is 1.80. The third-order valence-corrected chi connectivity index (χ3v) is 2.69. The normalized spacial score (nSPS) is 11.9. The summed E-state index contributed by atoms with van der Waals surface area (Å²) in [7, 11) is 0. The molecule has 4 nitrogen and oxygen atoms in total. The van der Waals surface area contributed by atoms with Crippen LogP contribution in [0.1, 0.15) is 31.2 Å². The van der Waals surface area contributed by atoms with Gasteiger partial charge in [0, 0.05) is 0 Å². The highest BCUT2D eigenvalue weighted by Crippen LogP contribution is 2.33. The van der Waals surface area contributed by atoms with Crippen LogP contribution in [0.2, 0.25) is 0 Å². The highest BCUT2D eigenvalue weighted by atomic mass is 35.5. The molecule has 0 amide bonds. The number of carboxylic acid groups (broad SMARTS) is 1. The minimum atomic E-state index is -0.929. The lowest BCUT2D eigenvalue weighted by Gasteiger charge is -2.14. The van der Waals surface area contributed by atoms with Crippen molar-refractivity contribution in [3.63, 3.8) is 0 Å². The van der Waals surface area contributed by atoms with E-state index in [1.54, 1.807) is 18.2 Å². The first-order chi connectivity index (χ1) is 8.58. The molecule has 18 heavy (non-hydrogen) atoms. The van der Waals surface area contributed by atoms with Gasteiger partial charge in [0.1, 0.15) is 0 Å². The van der Waals surface area contributed by atoms with Crippen LogP contribution in [0.4, 0.5) is 0 Å². The van der Waals surface area contributed by atoms with Gasteiger partial charge in [-0.15, -0.1) is 11.6 Å². The van der Waals surface area contributed by atoms with Crippen molar-refractivity contribution in [2.45, 2.75) is 25.6 Å². The lowest BCUT2D eigenvalue weighted by molar-refractivity contribution is -0.137. The fraction of sp³-hybridized carbons (Fsp3) is 0.462. The molecule has 0 fully saturated rings. The summed E-state index contributed by atoms with van der Waals surface area (Å²) in [4.78, 5) is 10.6. The molecule has 1 N–H and O–H groups in total. The summed E-state index contributed by atoms with van der Waals surface area (Å²) in [5.74, 6) is 0.303. The van der Waals surface area contributed by atoms with Crippen molar-refractivity contribution >= 4 is 17.6 Å². The molecule has 0 saturated heterocycles. The fourth-order valence-electron chi connectivity index (χ4n) is 1.53. The average molecular weight is 273 g/mol. The van der Waals surface area contributed by atoms with Crippen LogP contribution in [0.15, 0.2) is 18.2 Å². The van der Waals surface area contributed by atoms with Gasteiger partial charge in [-0.1, -0.05) is 6.07 Å². The number of hydrogen-bond donors (Lipinski definition) is 1. The molecule has 0 saturated carbocycles. The van der Waals surface area contributed by atoms with Crippen molar-refractivity contribution in [1.29, 1.82) is 0 Å². The number of rotatable bonds is 7. The van der Waals surface area contributed by atoms with E-state index in [4.69, 9.17) is 26.2 Å². The molecule has 1 rings (SSSR count). The van der Waals surface area contributed by atoms with E-state index in [1.807, 2.05) is 13.8 Å². The quantitative estimate of drug-likeness (QED) is 0.774. The first-order valence-electron chi connectivity index (χ1n) is 5.83. The van der Waals surface area contributed by atoms with Crippen molar-refractivity contribution < 1.29 is 19.4 Å². The predicted molar refractivity (Wildman–Crippen MR) is 69.6 cm³/mol. The van der Waals surface area contributed by atoms with Gasteiger partial charge in [0.05, 0.1) is 25.0 Å². The van der Waals surface area contributed by atoms with E-state index in [0.29, 0.717) is 30.3 Å². The molecule has 1 aromatic carbocycles. The summed E-state index contributed by atoms with van der Waals surface area (Å²) in [5, 5.41) is 8.14. The van der Waals surface area contributed by atoms with E-state index >= 15 is 0 Å². The first kappa shape index (κ1) is 14.6. The molecule has 0 bridgehead atoms. The zero-order valence-electron chi connectivity index (χ0n) is 10.5. The number of halogens is 1. The first-order valence-corrected chi connectivity index (χ1v) is 6.27. The number of carbonyl (C=O) groups is 1. The van der Waals surface area contributed by atoms with E-state index < -0.39 is 11.3 Å². The zero-order chi connectivity index (χ0) is 13.5. The van der Waals surface area contributed by atoms with E-state index in [2.05, 4.69) is 0 Å². The SMILES string of the molecule is CCOc1ccc(C(Cl)CC(=O)O)cc1OCC. The number of carboxylic acids is 1. The van der Waals surface area contributed by atoms with Crippen molar-refractivity contribution in [2.75, 3.05) is 13.2 Å². The Balaban J connectivity index is 2.94. The lowest BCUT2D eigenvalue weighted by Crippen LogP contribution is -2.03. The molecule has 100 valence electrons. The molecule has 0 heterocycles. The standard InChI is InChI=1S/C13H17ClO4/c1-3-17-11-6-5-9(7-12(11)18-4-2)10(14)8-13(15)16/h5-7,10H,3-4,8H2,1-2H3,(H,15,16). The topological polar surface area (TPSA) is 55.8 Å². The molecule has 0 aliphatic rings. The Hall–Kier alpha value is -1.42. The molecular weight excluding hydrogens is 256 g/mol. The summed E-state index contributed by atoms with van der Waals surface area (Å²) < 4.78 is 10.9. The van der Waals surface area contributed by atoms with Gasteiger partial charge in [-0.05, 0) is 31.5 Å². The van der Waals surface area contributed by atoms with Crippen molar-refractivity contribution in [2.24, 2.45) is 0 Å². The minimum Gasteiger partial charge on any atom is -0.490 e. The Morgan fingerprint density at radius 2 is 1.89 bits per heavy atom. The predicted octanol–water partition coefficient (Wildman–Crippen LogP) is 3.24. The van der Waals surface area contributed by atoms with Gasteiger partial charge < -0.3 is 14.6 Å². The molecule has 5 heteroatoms. The molecule has 0 aromatic heterocycles. The average Bonchev–Trinajstić information content (AvgIpc) is 2.31. The second-order valence-corrected chi connectivity index (χ2v) is 4.16. The summed E-state index contributed by atoms with van der Waals surface area (Å²) in [5.41, 5.74) is 0.714. The largest absolute Gasteiger partial charge is 0.490 e. The van der Waals surface area contributed by atoms with Crippen LogP contribution in [-0.4, -0.2) is 24.3 Å². The Morgan fingerprint density at radius 3 is 2.44 bits per heavy atom. The summed E-state index contributed by atoms with van der Waals surface area (Å²) >= 11 is 6.03. The highest BCUT2D eigenvalue weighted by molar-refractivity contribution is 6.21. The van der Waals surface area contributed by atoms with Gasteiger partial charge in [0.25, 0.3) is 0 Å². The second kappa shape index (κ2) is 7.11. The van der Waals surface area contributed by atoms with Crippen molar-refractivity contribution in [3.05, 3.63) is 23.8 Å². The molecule has 1 unspecified atom stereocenters. The number of hydrogen-bond acceptors (Lipinski definition) is 3. The minimum absolute atomic E-state index is 0.124. The molecule has 1 aromatic rings. The van der Waals surface area contributed by atoms with E-state index in [-0.39, 0.29) is 6.42 Å².